The standard InChI is InChI=1S/C12H17ClN2O3S/c13-11-4-3-9(7-14)6-12(11)19(16,17)15-8-10-2-1-5-18-10/h3-4,6,10,15H,1-2,5,7-8,14H2. The number of benzene rings is 1. The Labute approximate surface area is 118 Å². The van der Waals surface area contributed by atoms with Crippen LogP contribution in [0, 0.1) is 0 Å². The van der Waals surface area contributed by atoms with Gasteiger partial charge in [0.1, 0.15) is 4.90 Å². The highest BCUT2D eigenvalue weighted by Gasteiger charge is 2.22. The zero-order valence-corrected chi connectivity index (χ0v) is 12.0. The summed E-state index contributed by atoms with van der Waals surface area (Å²) in [6.07, 6.45) is 1.79. The lowest BCUT2D eigenvalue weighted by molar-refractivity contribution is 0.114. The first kappa shape index (κ1) is 14.7. The second-order valence-corrected chi connectivity index (χ2v) is 6.60. The van der Waals surface area contributed by atoms with Crippen LogP contribution < -0.4 is 10.5 Å². The number of ether oxygens (including phenoxy) is 1. The van der Waals surface area contributed by atoms with Crippen LogP contribution in [0.2, 0.25) is 5.02 Å². The number of sulfonamides is 1. The quantitative estimate of drug-likeness (QED) is 0.858. The van der Waals surface area contributed by atoms with Crippen molar-refractivity contribution in [2.24, 2.45) is 5.73 Å². The van der Waals surface area contributed by atoms with E-state index in [-0.39, 0.29) is 29.1 Å². The van der Waals surface area contributed by atoms with Crippen molar-refractivity contribution in [1.82, 2.24) is 4.72 Å². The molecule has 1 aromatic carbocycles. The summed E-state index contributed by atoms with van der Waals surface area (Å²) in [6.45, 7) is 1.23. The normalized spacial score (nSPS) is 19.8. The Kier molecular flexibility index (Phi) is 4.81. The van der Waals surface area contributed by atoms with Crippen LogP contribution in [-0.4, -0.2) is 27.7 Å². The topological polar surface area (TPSA) is 81.4 Å². The van der Waals surface area contributed by atoms with E-state index >= 15 is 0 Å². The van der Waals surface area contributed by atoms with Crippen molar-refractivity contribution >= 4 is 21.6 Å². The summed E-state index contributed by atoms with van der Waals surface area (Å²) in [7, 11) is -3.63. The molecule has 1 heterocycles. The van der Waals surface area contributed by atoms with Gasteiger partial charge in [-0.25, -0.2) is 13.1 Å². The summed E-state index contributed by atoms with van der Waals surface area (Å²) < 4.78 is 32.3. The minimum absolute atomic E-state index is 0.0498. The first-order valence-corrected chi connectivity index (χ1v) is 7.99. The zero-order valence-electron chi connectivity index (χ0n) is 10.4. The minimum atomic E-state index is -3.63. The maximum Gasteiger partial charge on any atom is 0.242 e. The molecule has 1 aromatic rings. The molecule has 3 N–H and O–H groups in total. The molecular weight excluding hydrogens is 288 g/mol. The predicted octanol–water partition coefficient (Wildman–Crippen LogP) is 1.26. The SMILES string of the molecule is NCc1ccc(Cl)c(S(=O)(=O)NCC2CCCO2)c1. The van der Waals surface area contributed by atoms with Crippen LogP contribution in [0.25, 0.3) is 0 Å². The van der Waals surface area contributed by atoms with E-state index in [0.29, 0.717) is 6.61 Å². The third-order valence-electron chi connectivity index (χ3n) is 3.05. The van der Waals surface area contributed by atoms with Crippen molar-refractivity contribution in [3.8, 4) is 0 Å². The molecule has 19 heavy (non-hydrogen) atoms. The number of halogens is 1. The van der Waals surface area contributed by atoms with Gasteiger partial charge in [0.2, 0.25) is 10.0 Å². The van der Waals surface area contributed by atoms with Crippen molar-refractivity contribution in [3.05, 3.63) is 28.8 Å². The molecule has 1 fully saturated rings. The fraction of sp³-hybridized carbons (Fsp3) is 0.500. The third kappa shape index (κ3) is 3.67. The van der Waals surface area contributed by atoms with Crippen molar-refractivity contribution < 1.29 is 13.2 Å². The molecule has 5 nitrogen and oxygen atoms in total. The molecule has 1 atom stereocenters. The van der Waals surface area contributed by atoms with Crippen molar-refractivity contribution in [2.75, 3.05) is 13.2 Å². The van der Waals surface area contributed by atoms with Gasteiger partial charge in [0, 0.05) is 19.7 Å². The number of nitrogens with one attached hydrogen (secondary N) is 1. The Morgan fingerprint density at radius 3 is 2.89 bits per heavy atom. The molecule has 1 unspecified atom stereocenters. The summed E-state index contributed by atoms with van der Waals surface area (Å²) in [4.78, 5) is 0.0649. The molecule has 0 bridgehead atoms. The molecule has 1 aliphatic heterocycles. The summed E-state index contributed by atoms with van der Waals surface area (Å²) in [5.41, 5.74) is 6.23. The summed E-state index contributed by atoms with van der Waals surface area (Å²) in [5, 5.41) is 0.192. The molecule has 1 saturated heterocycles. The van der Waals surface area contributed by atoms with Crippen molar-refractivity contribution in [3.63, 3.8) is 0 Å². The lowest BCUT2D eigenvalue weighted by atomic mass is 10.2. The van der Waals surface area contributed by atoms with Crippen molar-refractivity contribution in [2.45, 2.75) is 30.4 Å². The Morgan fingerprint density at radius 1 is 1.47 bits per heavy atom. The first-order valence-electron chi connectivity index (χ1n) is 6.12. The molecule has 0 spiro atoms. The van der Waals surface area contributed by atoms with Crippen LogP contribution in [0.3, 0.4) is 0 Å². The number of rotatable bonds is 5. The molecule has 0 amide bonds. The van der Waals surface area contributed by atoms with Gasteiger partial charge in [0.05, 0.1) is 11.1 Å². The Morgan fingerprint density at radius 2 is 2.26 bits per heavy atom. The zero-order chi connectivity index (χ0) is 13.9. The summed E-state index contributed by atoms with van der Waals surface area (Å²) in [5.74, 6) is 0. The van der Waals surface area contributed by atoms with Gasteiger partial charge in [-0.05, 0) is 30.5 Å². The van der Waals surface area contributed by atoms with Gasteiger partial charge in [0.15, 0.2) is 0 Å². The summed E-state index contributed by atoms with van der Waals surface area (Å²) in [6, 6.07) is 4.76. The van der Waals surface area contributed by atoms with E-state index in [1.54, 1.807) is 12.1 Å². The minimum Gasteiger partial charge on any atom is -0.377 e. The Bertz CT molecular complexity index is 542. The van der Waals surface area contributed by atoms with Crippen LogP contribution in [0.5, 0.6) is 0 Å². The first-order chi connectivity index (χ1) is 9.03. The van der Waals surface area contributed by atoms with E-state index in [2.05, 4.69) is 4.72 Å². The van der Waals surface area contributed by atoms with Gasteiger partial charge in [-0.15, -0.1) is 0 Å². The Balaban J connectivity index is 2.13. The van der Waals surface area contributed by atoms with Crippen LogP contribution in [0.4, 0.5) is 0 Å². The monoisotopic (exact) mass is 304 g/mol. The highest BCUT2D eigenvalue weighted by Crippen LogP contribution is 2.22. The van der Waals surface area contributed by atoms with Gasteiger partial charge in [0.25, 0.3) is 0 Å². The van der Waals surface area contributed by atoms with E-state index in [4.69, 9.17) is 22.1 Å². The maximum absolute atomic E-state index is 12.2. The fourth-order valence-electron chi connectivity index (χ4n) is 1.97. The number of hydrogen-bond donors (Lipinski definition) is 2. The Hall–Kier alpha value is -0.660. The highest BCUT2D eigenvalue weighted by atomic mass is 35.5. The van der Waals surface area contributed by atoms with Crippen molar-refractivity contribution in [1.29, 1.82) is 0 Å². The average Bonchev–Trinajstić information content (AvgIpc) is 2.90. The van der Waals surface area contributed by atoms with E-state index in [9.17, 15) is 8.42 Å². The smallest absolute Gasteiger partial charge is 0.242 e. The molecule has 0 saturated carbocycles. The van der Waals surface area contributed by atoms with Gasteiger partial charge in [-0.1, -0.05) is 17.7 Å². The van der Waals surface area contributed by atoms with Crippen LogP contribution in [-0.2, 0) is 21.3 Å². The van der Waals surface area contributed by atoms with Gasteiger partial charge in [-0.3, -0.25) is 0 Å². The van der Waals surface area contributed by atoms with Crippen LogP contribution >= 0.6 is 11.6 Å². The fourth-order valence-corrected chi connectivity index (χ4v) is 3.58. The largest absolute Gasteiger partial charge is 0.377 e. The number of nitrogens with two attached hydrogens (primary N) is 1. The second kappa shape index (κ2) is 6.19. The van der Waals surface area contributed by atoms with Gasteiger partial charge < -0.3 is 10.5 Å². The molecule has 2 rings (SSSR count). The van der Waals surface area contributed by atoms with E-state index < -0.39 is 10.0 Å². The average molecular weight is 305 g/mol. The van der Waals surface area contributed by atoms with Crippen LogP contribution in [0.15, 0.2) is 23.1 Å². The number of hydrogen-bond acceptors (Lipinski definition) is 4. The van der Waals surface area contributed by atoms with Gasteiger partial charge in [-0.2, -0.15) is 0 Å². The molecule has 1 aliphatic rings. The molecule has 106 valence electrons. The predicted molar refractivity (Wildman–Crippen MR) is 73.5 cm³/mol. The van der Waals surface area contributed by atoms with E-state index in [1.807, 2.05) is 0 Å². The van der Waals surface area contributed by atoms with E-state index in [1.165, 1.54) is 6.07 Å². The van der Waals surface area contributed by atoms with E-state index in [0.717, 1.165) is 18.4 Å². The summed E-state index contributed by atoms with van der Waals surface area (Å²) >= 11 is 5.94. The molecule has 0 aromatic heterocycles. The lowest BCUT2D eigenvalue weighted by Crippen LogP contribution is -2.32. The maximum atomic E-state index is 12.2. The lowest BCUT2D eigenvalue weighted by Gasteiger charge is -2.13. The second-order valence-electron chi connectivity index (χ2n) is 4.46. The molecule has 0 radical (unpaired) electrons. The molecular formula is C12H17ClN2O3S. The molecule has 7 heteroatoms. The van der Waals surface area contributed by atoms with Gasteiger partial charge >= 0.3 is 0 Å². The highest BCUT2D eigenvalue weighted by molar-refractivity contribution is 7.89. The molecule has 0 aliphatic carbocycles. The van der Waals surface area contributed by atoms with Crippen LogP contribution in [0.1, 0.15) is 18.4 Å². The third-order valence-corrected chi connectivity index (χ3v) is 4.95.